The number of nitrogens with one attached hydrogen (secondary N) is 1. The molecule has 3 rings (SSSR count). The van der Waals surface area contributed by atoms with Crippen molar-refractivity contribution in [2.75, 3.05) is 19.8 Å². The van der Waals surface area contributed by atoms with Crippen molar-refractivity contribution in [3.63, 3.8) is 0 Å². The highest BCUT2D eigenvalue weighted by molar-refractivity contribution is 14.1. The fourth-order valence-electron chi connectivity index (χ4n) is 2.85. The molecule has 0 aliphatic carbocycles. The number of carbonyl (C=O) groups is 1. The minimum absolute atomic E-state index is 0.101. The van der Waals surface area contributed by atoms with Crippen molar-refractivity contribution in [3.05, 3.63) is 57.2 Å². The number of carbonyl (C=O) groups excluding carboxylic acids is 1. The lowest BCUT2D eigenvalue weighted by Crippen LogP contribution is -2.31. The van der Waals surface area contributed by atoms with Crippen LogP contribution in [0.3, 0.4) is 0 Å². The summed E-state index contributed by atoms with van der Waals surface area (Å²) in [5.74, 6) is -0.548. The number of ether oxygens (including phenoxy) is 1. The van der Waals surface area contributed by atoms with Gasteiger partial charge in [-0.05, 0) is 47.7 Å². The largest absolute Gasteiger partial charge is 0.478 e. The van der Waals surface area contributed by atoms with E-state index in [0.717, 1.165) is 3.57 Å². The number of hydrogen-bond donors (Lipinski definition) is 3. The highest BCUT2D eigenvalue weighted by atomic mass is 127. The Kier molecular flexibility index (Phi) is 7.58. The number of fused-ring (bicyclic) bond motifs is 1. The molecule has 1 atom stereocenters. The van der Waals surface area contributed by atoms with Crippen molar-refractivity contribution in [1.29, 1.82) is 0 Å². The molecular weight excluding hydrogens is 508 g/mol. The van der Waals surface area contributed by atoms with Gasteiger partial charge in [-0.2, -0.15) is 0 Å². The minimum Gasteiger partial charge on any atom is -0.478 e. The van der Waals surface area contributed by atoms with Crippen molar-refractivity contribution in [3.8, 4) is 5.88 Å². The van der Waals surface area contributed by atoms with Crippen LogP contribution < -0.4 is 10.2 Å². The van der Waals surface area contributed by atoms with Gasteiger partial charge in [-0.3, -0.25) is 9.63 Å². The third-order valence-electron chi connectivity index (χ3n) is 4.28. The van der Waals surface area contributed by atoms with Gasteiger partial charge >= 0.3 is 0 Å². The quantitative estimate of drug-likeness (QED) is 0.290. The third kappa shape index (κ3) is 5.25. The summed E-state index contributed by atoms with van der Waals surface area (Å²) in [6.45, 7) is 1.62. The van der Waals surface area contributed by atoms with Gasteiger partial charge in [0.25, 0.3) is 5.91 Å². The van der Waals surface area contributed by atoms with Crippen LogP contribution in [0.4, 0.5) is 4.39 Å². The standard InChI is InChI=1S/C20H21FIN3O5/c1-2-29-19-6-13-5-17(20(28)24-30-11-15(27)10-26)25(18(13)8-23-19)9-12-3-4-14(22)7-16(12)21/h3-8,15,26-27H,2,9-11H2,1H3,(H,24,28)/t15-/m1/s1. The van der Waals surface area contributed by atoms with Crippen LogP contribution in [0.2, 0.25) is 0 Å². The molecule has 0 saturated carbocycles. The van der Waals surface area contributed by atoms with Crippen LogP contribution >= 0.6 is 22.6 Å². The molecule has 0 spiro atoms. The van der Waals surface area contributed by atoms with Crippen LogP contribution in [0, 0.1) is 9.39 Å². The zero-order valence-electron chi connectivity index (χ0n) is 16.1. The lowest BCUT2D eigenvalue weighted by molar-refractivity contribution is -0.0298. The zero-order valence-corrected chi connectivity index (χ0v) is 18.3. The number of nitrogens with zero attached hydrogens (tertiary/aromatic N) is 2. The van der Waals surface area contributed by atoms with E-state index in [1.54, 1.807) is 35.0 Å². The van der Waals surface area contributed by atoms with Crippen LogP contribution in [0.1, 0.15) is 23.0 Å². The molecule has 0 saturated heterocycles. The molecule has 0 bridgehead atoms. The molecule has 0 aliphatic rings. The van der Waals surface area contributed by atoms with Gasteiger partial charge in [0, 0.05) is 20.6 Å². The van der Waals surface area contributed by atoms with Gasteiger partial charge in [0.05, 0.1) is 31.5 Å². The number of benzene rings is 1. The van der Waals surface area contributed by atoms with Crippen LogP contribution in [0.25, 0.3) is 10.9 Å². The number of aliphatic hydroxyl groups excluding tert-OH is 2. The number of hydroxylamine groups is 1. The van der Waals surface area contributed by atoms with E-state index in [9.17, 15) is 14.3 Å². The van der Waals surface area contributed by atoms with E-state index in [2.05, 4.69) is 10.5 Å². The van der Waals surface area contributed by atoms with Crippen LogP contribution in [0.5, 0.6) is 5.88 Å². The molecule has 1 aromatic carbocycles. The summed E-state index contributed by atoms with van der Waals surface area (Å²) in [6, 6.07) is 8.21. The molecule has 2 aromatic heterocycles. The maximum atomic E-state index is 14.4. The highest BCUT2D eigenvalue weighted by Crippen LogP contribution is 2.25. The van der Waals surface area contributed by atoms with Crippen molar-refractivity contribution in [2.24, 2.45) is 0 Å². The second-order valence-electron chi connectivity index (χ2n) is 6.44. The van der Waals surface area contributed by atoms with Gasteiger partial charge < -0.3 is 19.5 Å². The van der Waals surface area contributed by atoms with E-state index in [1.807, 2.05) is 29.5 Å². The van der Waals surface area contributed by atoms with Crippen molar-refractivity contribution >= 4 is 39.4 Å². The van der Waals surface area contributed by atoms with Gasteiger partial charge in [-0.15, -0.1) is 0 Å². The Bertz CT molecular complexity index is 1040. The third-order valence-corrected chi connectivity index (χ3v) is 4.95. The lowest BCUT2D eigenvalue weighted by atomic mass is 10.2. The number of amides is 1. The fraction of sp³-hybridized carbons (Fsp3) is 0.300. The minimum atomic E-state index is -1.12. The first-order valence-corrected chi connectivity index (χ1v) is 10.3. The summed E-state index contributed by atoms with van der Waals surface area (Å²) in [6.07, 6.45) is 0.452. The molecule has 10 heteroatoms. The SMILES string of the molecule is CCOc1cc2cc(C(=O)NOC[C@H](O)CO)n(Cc3ccc(I)cc3F)c2cn1. The first-order chi connectivity index (χ1) is 14.4. The number of aliphatic hydroxyl groups is 2. The van der Waals surface area contributed by atoms with Crippen molar-refractivity contribution in [2.45, 2.75) is 19.6 Å². The summed E-state index contributed by atoms with van der Waals surface area (Å²) in [7, 11) is 0. The van der Waals surface area contributed by atoms with E-state index in [-0.39, 0.29) is 24.7 Å². The Hall–Kier alpha value is -2.28. The summed E-state index contributed by atoms with van der Waals surface area (Å²) in [5.41, 5.74) is 3.49. The summed E-state index contributed by atoms with van der Waals surface area (Å²) in [5, 5.41) is 18.9. The van der Waals surface area contributed by atoms with Gasteiger partial charge in [0.1, 0.15) is 24.2 Å². The van der Waals surface area contributed by atoms with Gasteiger partial charge in [-0.1, -0.05) is 6.07 Å². The number of halogens is 2. The van der Waals surface area contributed by atoms with Crippen LogP contribution in [-0.2, 0) is 11.4 Å². The van der Waals surface area contributed by atoms with E-state index >= 15 is 0 Å². The lowest BCUT2D eigenvalue weighted by Gasteiger charge is -2.13. The Morgan fingerprint density at radius 1 is 1.37 bits per heavy atom. The first-order valence-electron chi connectivity index (χ1n) is 9.20. The number of hydrogen-bond acceptors (Lipinski definition) is 6. The molecule has 160 valence electrons. The molecular formula is C20H21FIN3O5. The number of rotatable bonds is 9. The summed E-state index contributed by atoms with van der Waals surface area (Å²) in [4.78, 5) is 21.9. The molecule has 8 nitrogen and oxygen atoms in total. The second kappa shape index (κ2) is 10.2. The summed E-state index contributed by atoms with van der Waals surface area (Å²) < 4.78 is 22.3. The van der Waals surface area contributed by atoms with E-state index in [1.165, 1.54) is 6.07 Å². The average Bonchev–Trinajstić information content (AvgIpc) is 3.07. The molecule has 0 radical (unpaired) electrons. The molecule has 3 N–H and O–H groups in total. The fourth-order valence-corrected chi connectivity index (χ4v) is 3.31. The number of aromatic nitrogens is 2. The zero-order chi connectivity index (χ0) is 21.7. The van der Waals surface area contributed by atoms with Crippen LogP contribution in [0.15, 0.2) is 36.5 Å². The molecule has 3 aromatic rings. The Morgan fingerprint density at radius 3 is 2.87 bits per heavy atom. The maximum absolute atomic E-state index is 14.4. The van der Waals surface area contributed by atoms with Gasteiger partial charge in [0.15, 0.2) is 0 Å². The molecule has 0 unspecified atom stereocenters. The van der Waals surface area contributed by atoms with Gasteiger partial charge in [0.2, 0.25) is 5.88 Å². The Morgan fingerprint density at radius 2 is 2.17 bits per heavy atom. The predicted octanol–water partition coefficient (Wildman–Crippen LogP) is 2.24. The first kappa shape index (κ1) is 22.4. The average molecular weight is 529 g/mol. The highest BCUT2D eigenvalue weighted by Gasteiger charge is 2.19. The topological polar surface area (TPSA) is 106 Å². The monoisotopic (exact) mass is 529 g/mol. The molecule has 1 amide bonds. The second-order valence-corrected chi connectivity index (χ2v) is 7.69. The molecule has 30 heavy (non-hydrogen) atoms. The normalized spacial score (nSPS) is 12.2. The maximum Gasteiger partial charge on any atom is 0.291 e. The van der Waals surface area contributed by atoms with Crippen molar-refractivity contribution in [1.82, 2.24) is 15.0 Å². The smallest absolute Gasteiger partial charge is 0.291 e. The number of pyridine rings is 1. The molecule has 2 heterocycles. The van der Waals surface area contributed by atoms with E-state index in [0.29, 0.717) is 29.0 Å². The Balaban J connectivity index is 1.96. The van der Waals surface area contributed by atoms with Gasteiger partial charge in [-0.25, -0.2) is 14.9 Å². The van der Waals surface area contributed by atoms with E-state index in [4.69, 9.17) is 14.7 Å². The summed E-state index contributed by atoms with van der Waals surface area (Å²) >= 11 is 2.03. The molecule has 0 aliphatic heterocycles. The van der Waals surface area contributed by atoms with Crippen LogP contribution in [-0.4, -0.2) is 51.6 Å². The van der Waals surface area contributed by atoms with E-state index < -0.39 is 18.6 Å². The molecule has 0 fully saturated rings. The predicted molar refractivity (Wildman–Crippen MR) is 116 cm³/mol. The Labute approximate surface area is 185 Å². The van der Waals surface area contributed by atoms with Crippen molar-refractivity contribution < 1.29 is 29.0 Å².